The van der Waals surface area contributed by atoms with Gasteiger partial charge in [-0.05, 0) is 30.2 Å². The largest absolute Gasteiger partial charge is 0.508 e. The van der Waals surface area contributed by atoms with E-state index in [0.717, 1.165) is 23.2 Å². The van der Waals surface area contributed by atoms with Crippen molar-refractivity contribution in [3.63, 3.8) is 0 Å². The van der Waals surface area contributed by atoms with Crippen LogP contribution in [0.1, 0.15) is 18.0 Å². The zero-order valence-corrected chi connectivity index (χ0v) is 9.38. The quantitative estimate of drug-likeness (QED) is 0.825. The number of hydrogen-bond acceptors (Lipinski definition) is 3. The summed E-state index contributed by atoms with van der Waals surface area (Å²) in [5, 5.41) is 9.42. The standard InChI is InChI=1S/C14H14N2O/c15-13-7-12(13)14-5-4-10(8-16-14)9-2-1-3-11(17)6-9/h1-6,8,12-13,17H,7,15H2. The minimum Gasteiger partial charge on any atom is -0.508 e. The third-order valence-electron chi connectivity index (χ3n) is 3.19. The second kappa shape index (κ2) is 3.86. The van der Waals surface area contributed by atoms with Gasteiger partial charge in [-0.25, -0.2) is 0 Å². The van der Waals surface area contributed by atoms with Gasteiger partial charge in [0.05, 0.1) is 0 Å². The minimum atomic E-state index is 0.274. The average molecular weight is 226 g/mol. The van der Waals surface area contributed by atoms with Crippen molar-refractivity contribution >= 4 is 0 Å². The first kappa shape index (κ1) is 10.3. The van der Waals surface area contributed by atoms with Gasteiger partial charge >= 0.3 is 0 Å². The molecule has 0 amide bonds. The third-order valence-corrected chi connectivity index (χ3v) is 3.19. The Labute approximate surface area is 99.9 Å². The number of phenols is 1. The molecule has 3 nitrogen and oxygen atoms in total. The molecule has 3 N–H and O–H groups in total. The summed E-state index contributed by atoms with van der Waals surface area (Å²) in [6, 6.07) is 11.5. The molecule has 17 heavy (non-hydrogen) atoms. The molecule has 1 aromatic carbocycles. The fourth-order valence-electron chi connectivity index (χ4n) is 2.04. The summed E-state index contributed by atoms with van der Waals surface area (Å²) in [6.07, 6.45) is 2.88. The summed E-state index contributed by atoms with van der Waals surface area (Å²) in [4.78, 5) is 4.44. The molecule has 0 saturated heterocycles. The van der Waals surface area contributed by atoms with Gasteiger partial charge in [0.15, 0.2) is 0 Å². The molecule has 2 aromatic rings. The first-order valence-corrected chi connectivity index (χ1v) is 5.75. The number of aromatic hydroxyl groups is 1. The van der Waals surface area contributed by atoms with E-state index in [4.69, 9.17) is 5.73 Å². The summed E-state index contributed by atoms with van der Waals surface area (Å²) in [5.41, 5.74) is 8.85. The molecule has 0 spiro atoms. The van der Waals surface area contributed by atoms with E-state index in [1.165, 1.54) is 0 Å². The van der Waals surface area contributed by atoms with Crippen LogP contribution in [-0.2, 0) is 0 Å². The van der Waals surface area contributed by atoms with Crippen molar-refractivity contribution in [1.82, 2.24) is 4.98 Å². The molecule has 0 bridgehead atoms. The van der Waals surface area contributed by atoms with Crippen LogP contribution in [0.15, 0.2) is 42.6 Å². The van der Waals surface area contributed by atoms with E-state index in [2.05, 4.69) is 4.98 Å². The Bertz CT molecular complexity index is 536. The molecular weight excluding hydrogens is 212 g/mol. The maximum absolute atomic E-state index is 9.42. The molecule has 1 saturated carbocycles. The predicted octanol–water partition coefficient (Wildman–Crippen LogP) is 2.27. The van der Waals surface area contributed by atoms with E-state index in [1.54, 1.807) is 12.1 Å². The Balaban J connectivity index is 1.89. The van der Waals surface area contributed by atoms with Crippen LogP contribution < -0.4 is 5.73 Å². The van der Waals surface area contributed by atoms with Gasteiger partial charge in [0.1, 0.15) is 5.75 Å². The van der Waals surface area contributed by atoms with E-state index in [1.807, 2.05) is 30.5 Å². The second-order valence-corrected chi connectivity index (χ2v) is 4.53. The van der Waals surface area contributed by atoms with Crippen LogP contribution in [0.5, 0.6) is 5.75 Å². The highest BCUT2D eigenvalue weighted by Crippen LogP contribution is 2.38. The molecule has 86 valence electrons. The molecule has 3 rings (SSSR count). The van der Waals surface area contributed by atoms with Gasteiger partial charge in [-0.2, -0.15) is 0 Å². The van der Waals surface area contributed by atoms with Crippen LogP contribution in [0.25, 0.3) is 11.1 Å². The van der Waals surface area contributed by atoms with Gasteiger partial charge in [0.2, 0.25) is 0 Å². The molecule has 2 atom stereocenters. The van der Waals surface area contributed by atoms with E-state index in [-0.39, 0.29) is 11.8 Å². The van der Waals surface area contributed by atoms with Crippen molar-refractivity contribution in [2.24, 2.45) is 5.73 Å². The predicted molar refractivity (Wildman–Crippen MR) is 66.7 cm³/mol. The molecule has 1 heterocycles. The normalized spacial score (nSPS) is 22.4. The highest BCUT2D eigenvalue weighted by molar-refractivity contribution is 5.64. The SMILES string of the molecule is NC1CC1c1ccc(-c2cccc(O)c2)cn1. The molecule has 1 fully saturated rings. The fourth-order valence-corrected chi connectivity index (χ4v) is 2.04. The Morgan fingerprint density at radius 3 is 2.59 bits per heavy atom. The number of nitrogens with two attached hydrogens (primary N) is 1. The monoisotopic (exact) mass is 226 g/mol. The fraction of sp³-hybridized carbons (Fsp3) is 0.214. The second-order valence-electron chi connectivity index (χ2n) is 4.53. The molecule has 3 heteroatoms. The molecule has 1 aliphatic carbocycles. The lowest BCUT2D eigenvalue weighted by Gasteiger charge is -2.03. The Morgan fingerprint density at radius 1 is 1.18 bits per heavy atom. The lowest BCUT2D eigenvalue weighted by atomic mass is 10.1. The van der Waals surface area contributed by atoms with Gasteiger partial charge in [0, 0.05) is 29.4 Å². The molecule has 2 unspecified atom stereocenters. The highest BCUT2D eigenvalue weighted by atomic mass is 16.3. The summed E-state index contributed by atoms with van der Waals surface area (Å²) in [6.45, 7) is 0. The van der Waals surface area contributed by atoms with Crippen molar-refractivity contribution in [1.29, 1.82) is 0 Å². The third kappa shape index (κ3) is 2.01. The van der Waals surface area contributed by atoms with E-state index >= 15 is 0 Å². The number of phenolic OH excluding ortho intramolecular Hbond substituents is 1. The summed E-state index contributed by atoms with van der Waals surface area (Å²) < 4.78 is 0. The van der Waals surface area contributed by atoms with Crippen molar-refractivity contribution in [3.05, 3.63) is 48.3 Å². The van der Waals surface area contributed by atoms with Gasteiger partial charge in [-0.1, -0.05) is 18.2 Å². The lowest BCUT2D eigenvalue weighted by Crippen LogP contribution is -2.01. The van der Waals surface area contributed by atoms with Gasteiger partial charge in [-0.15, -0.1) is 0 Å². The van der Waals surface area contributed by atoms with Crippen molar-refractivity contribution in [2.75, 3.05) is 0 Å². The zero-order chi connectivity index (χ0) is 11.8. The first-order chi connectivity index (χ1) is 8.24. The topological polar surface area (TPSA) is 59.1 Å². The maximum Gasteiger partial charge on any atom is 0.116 e. The molecule has 0 radical (unpaired) electrons. The smallest absolute Gasteiger partial charge is 0.116 e. The van der Waals surface area contributed by atoms with E-state index in [0.29, 0.717) is 5.92 Å². The van der Waals surface area contributed by atoms with Crippen LogP contribution in [0.4, 0.5) is 0 Å². The number of aromatic nitrogens is 1. The van der Waals surface area contributed by atoms with Gasteiger partial charge in [-0.3, -0.25) is 4.98 Å². The lowest BCUT2D eigenvalue weighted by molar-refractivity contribution is 0.475. The number of rotatable bonds is 2. The summed E-state index contributed by atoms with van der Waals surface area (Å²) in [5.74, 6) is 0.712. The van der Waals surface area contributed by atoms with Crippen LogP contribution in [0.2, 0.25) is 0 Å². The number of hydrogen-bond donors (Lipinski definition) is 2. The Kier molecular flexibility index (Phi) is 2.34. The Hall–Kier alpha value is -1.87. The Morgan fingerprint density at radius 2 is 2.00 bits per heavy atom. The van der Waals surface area contributed by atoms with E-state index in [9.17, 15) is 5.11 Å². The number of nitrogens with zero attached hydrogens (tertiary/aromatic N) is 1. The number of benzene rings is 1. The van der Waals surface area contributed by atoms with Crippen LogP contribution in [0.3, 0.4) is 0 Å². The first-order valence-electron chi connectivity index (χ1n) is 5.75. The van der Waals surface area contributed by atoms with Crippen LogP contribution >= 0.6 is 0 Å². The van der Waals surface area contributed by atoms with Crippen molar-refractivity contribution in [3.8, 4) is 16.9 Å². The van der Waals surface area contributed by atoms with Crippen molar-refractivity contribution in [2.45, 2.75) is 18.4 Å². The molecular formula is C14H14N2O. The van der Waals surface area contributed by atoms with Crippen LogP contribution in [-0.4, -0.2) is 16.1 Å². The summed E-state index contributed by atoms with van der Waals surface area (Å²) in [7, 11) is 0. The zero-order valence-electron chi connectivity index (χ0n) is 9.38. The maximum atomic E-state index is 9.42. The van der Waals surface area contributed by atoms with Crippen molar-refractivity contribution < 1.29 is 5.11 Å². The molecule has 1 aromatic heterocycles. The summed E-state index contributed by atoms with van der Waals surface area (Å²) >= 11 is 0. The van der Waals surface area contributed by atoms with E-state index < -0.39 is 0 Å². The van der Waals surface area contributed by atoms with Crippen LogP contribution in [0, 0.1) is 0 Å². The molecule has 1 aliphatic rings. The highest BCUT2D eigenvalue weighted by Gasteiger charge is 2.35. The van der Waals surface area contributed by atoms with Gasteiger partial charge < -0.3 is 10.8 Å². The minimum absolute atomic E-state index is 0.274. The molecule has 0 aliphatic heterocycles. The average Bonchev–Trinajstić information content (AvgIpc) is 3.07. The number of pyridine rings is 1. The van der Waals surface area contributed by atoms with Gasteiger partial charge in [0.25, 0.3) is 0 Å².